The van der Waals surface area contributed by atoms with E-state index in [4.69, 9.17) is 11.5 Å². The van der Waals surface area contributed by atoms with Crippen LogP contribution in [-0.2, 0) is 0 Å². The zero-order valence-electron chi connectivity index (χ0n) is 7.70. The van der Waals surface area contributed by atoms with Gasteiger partial charge >= 0.3 is 0 Å². The molecular formula is C8H10N6. The fraction of sp³-hybridized carbons (Fsp3) is 0.125. The molecule has 0 atom stereocenters. The third-order valence-electron chi connectivity index (χ3n) is 1.86. The van der Waals surface area contributed by atoms with Gasteiger partial charge in [-0.3, -0.25) is 5.10 Å². The Morgan fingerprint density at radius 2 is 2.07 bits per heavy atom. The molecule has 0 aromatic carbocycles. The van der Waals surface area contributed by atoms with Crippen LogP contribution < -0.4 is 11.5 Å². The molecule has 0 aliphatic carbocycles. The summed E-state index contributed by atoms with van der Waals surface area (Å²) in [5, 5.41) is 6.78. The third kappa shape index (κ3) is 1.08. The van der Waals surface area contributed by atoms with Gasteiger partial charge in [-0.05, 0) is 12.5 Å². The molecule has 2 aromatic rings. The number of H-pyrrole nitrogens is 1. The molecule has 0 spiro atoms. The highest BCUT2D eigenvalue weighted by Gasteiger charge is 2.11. The first-order valence-corrected chi connectivity index (χ1v) is 4.02. The molecule has 0 saturated carbocycles. The number of hydrogen-bond acceptors (Lipinski definition) is 5. The van der Waals surface area contributed by atoms with E-state index in [1.807, 2.05) is 6.92 Å². The summed E-state index contributed by atoms with van der Waals surface area (Å²) in [6.45, 7) is 5.62. The lowest BCUT2D eigenvalue weighted by Gasteiger charge is -1.97. The van der Waals surface area contributed by atoms with Gasteiger partial charge in [-0.1, -0.05) is 6.58 Å². The van der Waals surface area contributed by atoms with Gasteiger partial charge in [-0.15, -0.1) is 0 Å². The fourth-order valence-electron chi connectivity index (χ4n) is 1.24. The lowest BCUT2D eigenvalue weighted by atomic mass is 10.2. The zero-order chi connectivity index (χ0) is 10.3. The minimum absolute atomic E-state index is 0.138. The van der Waals surface area contributed by atoms with Crippen molar-refractivity contribution in [3.63, 3.8) is 0 Å². The average molecular weight is 190 g/mol. The summed E-state index contributed by atoms with van der Waals surface area (Å²) in [5.41, 5.74) is 13.8. The van der Waals surface area contributed by atoms with E-state index in [2.05, 4.69) is 26.7 Å². The van der Waals surface area contributed by atoms with Crippen LogP contribution in [0.1, 0.15) is 12.6 Å². The average Bonchev–Trinajstić information content (AvgIpc) is 2.47. The zero-order valence-corrected chi connectivity index (χ0v) is 7.70. The standard InChI is InChI=1S/C8H10N6/c1-3(2)4-5-6(14-13-4)7(9)12-8(10)11-5/h1H2,2H3,(H,13,14)(H4,9,10,11,12). The number of nitrogens with two attached hydrogens (primary N) is 2. The number of fused-ring (bicyclic) bond motifs is 1. The minimum Gasteiger partial charge on any atom is -0.382 e. The number of allylic oxidation sites excluding steroid dienone is 1. The predicted octanol–water partition coefficient (Wildman–Crippen LogP) is 0.550. The lowest BCUT2D eigenvalue weighted by molar-refractivity contribution is 1.10. The molecule has 2 heterocycles. The normalized spacial score (nSPS) is 10.6. The Bertz CT molecular complexity index is 512. The molecule has 0 aliphatic heterocycles. The van der Waals surface area contributed by atoms with E-state index in [0.717, 1.165) is 5.57 Å². The molecule has 6 nitrogen and oxygen atoms in total. The summed E-state index contributed by atoms with van der Waals surface area (Å²) in [6.07, 6.45) is 0. The van der Waals surface area contributed by atoms with Gasteiger partial charge in [-0.25, -0.2) is 4.98 Å². The molecular weight excluding hydrogens is 180 g/mol. The second-order valence-electron chi connectivity index (χ2n) is 3.04. The summed E-state index contributed by atoms with van der Waals surface area (Å²) in [5.74, 6) is 0.436. The largest absolute Gasteiger partial charge is 0.382 e. The van der Waals surface area contributed by atoms with Crippen LogP contribution in [0.15, 0.2) is 6.58 Å². The molecule has 0 aliphatic rings. The van der Waals surface area contributed by atoms with Crippen molar-refractivity contribution >= 4 is 28.4 Å². The van der Waals surface area contributed by atoms with Crippen LogP contribution in [-0.4, -0.2) is 20.2 Å². The Kier molecular flexibility index (Phi) is 1.63. The van der Waals surface area contributed by atoms with Gasteiger partial charge in [0.2, 0.25) is 5.95 Å². The first-order chi connectivity index (χ1) is 6.59. The van der Waals surface area contributed by atoms with Crippen LogP contribution in [0, 0.1) is 0 Å². The molecule has 0 radical (unpaired) electrons. The van der Waals surface area contributed by atoms with Crippen molar-refractivity contribution in [2.75, 3.05) is 11.5 Å². The summed E-state index contributed by atoms with van der Waals surface area (Å²) in [4.78, 5) is 7.87. The van der Waals surface area contributed by atoms with E-state index < -0.39 is 0 Å². The maximum absolute atomic E-state index is 5.64. The topological polar surface area (TPSA) is 106 Å². The van der Waals surface area contributed by atoms with Crippen molar-refractivity contribution in [3.05, 3.63) is 12.3 Å². The van der Waals surface area contributed by atoms with Crippen molar-refractivity contribution in [2.24, 2.45) is 0 Å². The molecule has 5 N–H and O–H groups in total. The SMILES string of the molecule is C=C(C)c1n[nH]c2c(N)nc(N)nc12. The smallest absolute Gasteiger partial charge is 0.222 e. The molecule has 6 heteroatoms. The summed E-state index contributed by atoms with van der Waals surface area (Å²) >= 11 is 0. The Labute approximate surface area is 80.0 Å². The molecule has 0 fully saturated rings. The highest BCUT2D eigenvalue weighted by atomic mass is 15.2. The van der Waals surface area contributed by atoms with E-state index in [0.29, 0.717) is 22.5 Å². The first kappa shape index (κ1) is 8.49. The second-order valence-corrected chi connectivity index (χ2v) is 3.04. The van der Waals surface area contributed by atoms with Gasteiger partial charge in [0.25, 0.3) is 0 Å². The number of nitrogen functional groups attached to an aromatic ring is 2. The van der Waals surface area contributed by atoms with Crippen molar-refractivity contribution in [1.29, 1.82) is 0 Å². The molecule has 14 heavy (non-hydrogen) atoms. The van der Waals surface area contributed by atoms with Crippen LogP contribution in [0.5, 0.6) is 0 Å². The van der Waals surface area contributed by atoms with Gasteiger partial charge in [0.1, 0.15) is 16.7 Å². The number of nitrogens with one attached hydrogen (secondary N) is 1. The number of aromatic amines is 1. The van der Waals surface area contributed by atoms with E-state index in [1.54, 1.807) is 0 Å². The van der Waals surface area contributed by atoms with Crippen LogP contribution in [0.4, 0.5) is 11.8 Å². The number of nitrogens with zero attached hydrogens (tertiary/aromatic N) is 3. The quantitative estimate of drug-likeness (QED) is 0.608. The van der Waals surface area contributed by atoms with Crippen LogP contribution in [0.25, 0.3) is 16.6 Å². The van der Waals surface area contributed by atoms with Gasteiger partial charge < -0.3 is 11.5 Å². The number of aromatic nitrogens is 4. The van der Waals surface area contributed by atoms with Crippen LogP contribution >= 0.6 is 0 Å². The molecule has 0 bridgehead atoms. The molecule has 0 unspecified atom stereocenters. The van der Waals surface area contributed by atoms with Crippen molar-refractivity contribution < 1.29 is 0 Å². The predicted molar refractivity (Wildman–Crippen MR) is 55.2 cm³/mol. The van der Waals surface area contributed by atoms with Gasteiger partial charge in [-0.2, -0.15) is 10.1 Å². The Hall–Kier alpha value is -2.11. The first-order valence-electron chi connectivity index (χ1n) is 4.02. The second kappa shape index (κ2) is 2.69. The van der Waals surface area contributed by atoms with E-state index in [-0.39, 0.29) is 5.95 Å². The maximum atomic E-state index is 5.64. The Morgan fingerprint density at radius 1 is 1.36 bits per heavy atom. The monoisotopic (exact) mass is 190 g/mol. The molecule has 2 rings (SSSR count). The van der Waals surface area contributed by atoms with Crippen molar-refractivity contribution in [3.8, 4) is 0 Å². The lowest BCUT2D eigenvalue weighted by Crippen LogP contribution is -2.00. The van der Waals surface area contributed by atoms with E-state index in [1.165, 1.54) is 0 Å². The number of anilines is 2. The highest BCUT2D eigenvalue weighted by Crippen LogP contribution is 2.22. The van der Waals surface area contributed by atoms with E-state index in [9.17, 15) is 0 Å². The Morgan fingerprint density at radius 3 is 2.71 bits per heavy atom. The molecule has 0 amide bonds. The van der Waals surface area contributed by atoms with Crippen molar-refractivity contribution in [2.45, 2.75) is 6.92 Å². The summed E-state index contributed by atoms with van der Waals surface area (Å²) < 4.78 is 0. The van der Waals surface area contributed by atoms with E-state index >= 15 is 0 Å². The summed E-state index contributed by atoms with van der Waals surface area (Å²) in [6, 6.07) is 0. The van der Waals surface area contributed by atoms with Crippen LogP contribution in [0.3, 0.4) is 0 Å². The van der Waals surface area contributed by atoms with Gasteiger partial charge in [0.15, 0.2) is 5.82 Å². The minimum atomic E-state index is 0.138. The molecule has 72 valence electrons. The molecule has 2 aromatic heterocycles. The number of rotatable bonds is 1. The number of hydrogen-bond donors (Lipinski definition) is 3. The fourth-order valence-corrected chi connectivity index (χ4v) is 1.24. The van der Waals surface area contributed by atoms with Gasteiger partial charge in [0, 0.05) is 0 Å². The third-order valence-corrected chi connectivity index (χ3v) is 1.86. The van der Waals surface area contributed by atoms with Crippen molar-refractivity contribution in [1.82, 2.24) is 20.2 Å². The summed E-state index contributed by atoms with van der Waals surface area (Å²) in [7, 11) is 0. The Balaban J connectivity index is 2.85. The van der Waals surface area contributed by atoms with Gasteiger partial charge in [0.05, 0.1) is 0 Å². The van der Waals surface area contributed by atoms with Crippen LogP contribution in [0.2, 0.25) is 0 Å². The highest BCUT2D eigenvalue weighted by molar-refractivity contribution is 5.92. The molecule has 0 saturated heterocycles. The maximum Gasteiger partial charge on any atom is 0.222 e.